The summed E-state index contributed by atoms with van der Waals surface area (Å²) >= 11 is 14.1. The van der Waals surface area contributed by atoms with Crippen molar-refractivity contribution in [2.75, 3.05) is 6.54 Å². The van der Waals surface area contributed by atoms with Crippen LogP contribution in [0, 0.1) is 11.8 Å². The number of hydrogen-bond donors (Lipinski definition) is 1. The van der Waals surface area contributed by atoms with E-state index in [0.29, 0.717) is 12.0 Å². The molecule has 0 saturated heterocycles. The van der Waals surface area contributed by atoms with Gasteiger partial charge in [-0.3, -0.25) is 0 Å². The Bertz CT molecular complexity index is 419. The Hall–Kier alpha value is 0.240. The molecular formula is C16H25Cl2NS. The van der Waals surface area contributed by atoms with E-state index in [1.165, 1.54) is 49.0 Å². The molecule has 1 saturated carbocycles. The molecule has 1 aliphatic carbocycles. The highest BCUT2D eigenvalue weighted by atomic mass is 35.5. The van der Waals surface area contributed by atoms with Crippen molar-refractivity contribution in [1.82, 2.24) is 5.32 Å². The Morgan fingerprint density at radius 3 is 2.65 bits per heavy atom. The van der Waals surface area contributed by atoms with Gasteiger partial charge in [0, 0.05) is 11.6 Å². The Balaban J connectivity index is 2.23. The van der Waals surface area contributed by atoms with Gasteiger partial charge in [-0.2, -0.15) is 0 Å². The highest BCUT2D eigenvalue weighted by molar-refractivity contribution is 7.20. The molecule has 1 aliphatic rings. The van der Waals surface area contributed by atoms with Crippen molar-refractivity contribution >= 4 is 34.5 Å². The van der Waals surface area contributed by atoms with Crippen molar-refractivity contribution in [2.45, 2.75) is 58.4 Å². The maximum atomic E-state index is 6.42. The van der Waals surface area contributed by atoms with E-state index in [1.807, 2.05) is 0 Å². The van der Waals surface area contributed by atoms with Crippen molar-refractivity contribution in [3.05, 3.63) is 20.3 Å². The lowest BCUT2D eigenvalue weighted by Crippen LogP contribution is -2.34. The van der Waals surface area contributed by atoms with E-state index in [4.69, 9.17) is 23.2 Å². The standard InChI is InChI=1S/C16H25Cl2NS/c1-3-9-19-15(13-10-14(17)20-16(13)18)12-8-6-5-7-11(12)4-2/h10-12,15,19H,3-9H2,1-2H3. The Morgan fingerprint density at radius 1 is 1.30 bits per heavy atom. The molecule has 0 aromatic carbocycles. The highest BCUT2D eigenvalue weighted by Gasteiger charge is 2.33. The van der Waals surface area contributed by atoms with Crippen molar-refractivity contribution in [2.24, 2.45) is 11.8 Å². The molecule has 20 heavy (non-hydrogen) atoms. The number of nitrogens with one attached hydrogen (secondary N) is 1. The number of halogens is 2. The summed E-state index contributed by atoms with van der Waals surface area (Å²) in [5.74, 6) is 1.51. The first-order chi connectivity index (χ1) is 9.67. The molecular weight excluding hydrogens is 309 g/mol. The van der Waals surface area contributed by atoms with Crippen LogP contribution < -0.4 is 5.32 Å². The topological polar surface area (TPSA) is 12.0 Å². The van der Waals surface area contributed by atoms with Gasteiger partial charge in [0.2, 0.25) is 0 Å². The van der Waals surface area contributed by atoms with Crippen LogP contribution in [0.25, 0.3) is 0 Å². The third-order valence-electron chi connectivity index (χ3n) is 4.55. The molecule has 1 N–H and O–H groups in total. The lowest BCUT2D eigenvalue weighted by atomic mass is 9.72. The van der Waals surface area contributed by atoms with E-state index in [0.717, 1.165) is 27.6 Å². The van der Waals surface area contributed by atoms with E-state index < -0.39 is 0 Å². The first-order valence-corrected chi connectivity index (χ1v) is 9.42. The van der Waals surface area contributed by atoms with Crippen molar-refractivity contribution < 1.29 is 0 Å². The molecule has 1 aromatic heterocycles. The van der Waals surface area contributed by atoms with Gasteiger partial charge in [-0.05, 0) is 37.3 Å². The van der Waals surface area contributed by atoms with E-state index in [1.54, 1.807) is 0 Å². The minimum atomic E-state index is 0.372. The van der Waals surface area contributed by atoms with E-state index in [9.17, 15) is 0 Å². The van der Waals surface area contributed by atoms with Gasteiger partial charge in [0.25, 0.3) is 0 Å². The van der Waals surface area contributed by atoms with Gasteiger partial charge in [0.05, 0.1) is 8.67 Å². The van der Waals surface area contributed by atoms with E-state index in [2.05, 4.69) is 25.2 Å². The third-order valence-corrected chi connectivity index (χ3v) is 6.07. The van der Waals surface area contributed by atoms with Gasteiger partial charge >= 0.3 is 0 Å². The second-order valence-electron chi connectivity index (χ2n) is 5.83. The lowest BCUT2D eigenvalue weighted by Gasteiger charge is -2.37. The number of thiophene rings is 1. The molecule has 0 radical (unpaired) electrons. The predicted octanol–water partition coefficient (Wildman–Crippen LogP) is 6.31. The average molecular weight is 334 g/mol. The summed E-state index contributed by atoms with van der Waals surface area (Å²) in [6.45, 7) is 5.58. The molecule has 4 heteroatoms. The van der Waals surface area contributed by atoms with Gasteiger partial charge in [0.1, 0.15) is 0 Å². The summed E-state index contributed by atoms with van der Waals surface area (Å²) in [4.78, 5) is 0. The van der Waals surface area contributed by atoms with Gasteiger partial charge in [-0.25, -0.2) is 0 Å². The van der Waals surface area contributed by atoms with Crippen LogP contribution >= 0.6 is 34.5 Å². The fraction of sp³-hybridized carbons (Fsp3) is 0.750. The van der Waals surface area contributed by atoms with Crippen LogP contribution in [-0.2, 0) is 0 Å². The summed E-state index contributed by atoms with van der Waals surface area (Å²) in [7, 11) is 0. The van der Waals surface area contributed by atoms with Gasteiger partial charge in [-0.15, -0.1) is 11.3 Å². The zero-order valence-electron chi connectivity index (χ0n) is 12.4. The molecule has 1 aromatic rings. The van der Waals surface area contributed by atoms with Crippen LogP contribution in [0.2, 0.25) is 8.67 Å². The minimum Gasteiger partial charge on any atom is -0.310 e. The molecule has 1 nitrogen and oxygen atoms in total. The molecule has 1 heterocycles. The summed E-state index contributed by atoms with van der Waals surface area (Å²) in [6.07, 6.45) is 7.82. The van der Waals surface area contributed by atoms with Crippen LogP contribution in [0.3, 0.4) is 0 Å². The van der Waals surface area contributed by atoms with Crippen molar-refractivity contribution in [1.29, 1.82) is 0 Å². The molecule has 0 spiro atoms. The third kappa shape index (κ3) is 3.91. The Morgan fingerprint density at radius 2 is 2.05 bits per heavy atom. The highest BCUT2D eigenvalue weighted by Crippen LogP contribution is 2.44. The zero-order chi connectivity index (χ0) is 14.5. The van der Waals surface area contributed by atoms with E-state index >= 15 is 0 Å². The predicted molar refractivity (Wildman–Crippen MR) is 91.1 cm³/mol. The normalized spacial score (nSPS) is 24.8. The van der Waals surface area contributed by atoms with Crippen LogP contribution in [0.5, 0.6) is 0 Å². The van der Waals surface area contributed by atoms with Gasteiger partial charge in [-0.1, -0.05) is 62.7 Å². The quantitative estimate of drug-likeness (QED) is 0.642. The Labute approximate surface area is 137 Å². The van der Waals surface area contributed by atoms with Crippen molar-refractivity contribution in [3.63, 3.8) is 0 Å². The molecule has 2 rings (SSSR count). The SMILES string of the molecule is CCCNC(c1cc(Cl)sc1Cl)C1CCCCC1CC. The van der Waals surface area contributed by atoms with Gasteiger partial charge < -0.3 is 5.32 Å². The smallest absolute Gasteiger partial charge is 0.0992 e. The average Bonchev–Trinajstić information content (AvgIpc) is 2.79. The molecule has 1 fully saturated rings. The van der Waals surface area contributed by atoms with Crippen molar-refractivity contribution in [3.8, 4) is 0 Å². The molecule has 114 valence electrons. The largest absolute Gasteiger partial charge is 0.310 e. The lowest BCUT2D eigenvalue weighted by molar-refractivity contribution is 0.176. The van der Waals surface area contributed by atoms with Crippen LogP contribution in [0.15, 0.2) is 6.07 Å². The monoisotopic (exact) mass is 333 g/mol. The molecule has 3 unspecified atom stereocenters. The summed E-state index contributed by atoms with van der Waals surface area (Å²) in [6, 6.07) is 2.44. The number of rotatable bonds is 6. The number of hydrogen-bond acceptors (Lipinski definition) is 2. The first-order valence-electron chi connectivity index (χ1n) is 7.85. The molecule has 0 amide bonds. The maximum absolute atomic E-state index is 6.42. The fourth-order valence-corrected chi connectivity index (χ4v) is 5.09. The summed E-state index contributed by atoms with van der Waals surface area (Å²) in [5.41, 5.74) is 1.22. The zero-order valence-corrected chi connectivity index (χ0v) is 14.8. The summed E-state index contributed by atoms with van der Waals surface area (Å²) in [5, 5.41) is 3.74. The molecule has 0 aliphatic heterocycles. The molecule has 0 bridgehead atoms. The Kier molecular flexibility index (Phi) is 6.67. The molecule has 3 atom stereocenters. The maximum Gasteiger partial charge on any atom is 0.0992 e. The first kappa shape index (κ1) is 16.6. The summed E-state index contributed by atoms with van der Waals surface area (Å²) < 4.78 is 1.67. The van der Waals surface area contributed by atoms with Gasteiger partial charge in [0.15, 0.2) is 0 Å². The second kappa shape index (κ2) is 8.03. The van der Waals surface area contributed by atoms with Crippen LogP contribution in [0.4, 0.5) is 0 Å². The second-order valence-corrected chi connectivity index (χ2v) is 8.11. The minimum absolute atomic E-state index is 0.372. The van der Waals surface area contributed by atoms with Crippen LogP contribution in [-0.4, -0.2) is 6.54 Å². The fourth-order valence-electron chi connectivity index (χ4n) is 3.54. The van der Waals surface area contributed by atoms with Crippen LogP contribution in [0.1, 0.15) is 64.0 Å². The van der Waals surface area contributed by atoms with E-state index in [-0.39, 0.29) is 0 Å².